The third-order valence-corrected chi connectivity index (χ3v) is 3.50. The highest BCUT2D eigenvalue weighted by atomic mass is 19.4. The van der Waals surface area contributed by atoms with E-state index in [-0.39, 0.29) is 12.0 Å². The Bertz CT molecular complexity index is 584. The number of carbonyl (C=O) groups excluding carboxylic acids is 1. The summed E-state index contributed by atoms with van der Waals surface area (Å²) < 4.78 is 43.0. The summed E-state index contributed by atoms with van der Waals surface area (Å²) >= 11 is 0. The fourth-order valence-electron chi connectivity index (χ4n) is 2.36. The Balaban J connectivity index is 2.02. The molecule has 1 aliphatic heterocycles. The molecule has 1 amide bonds. The Morgan fingerprint density at radius 2 is 1.79 bits per heavy atom. The van der Waals surface area contributed by atoms with Crippen LogP contribution in [0, 0.1) is 0 Å². The van der Waals surface area contributed by atoms with Gasteiger partial charge in [0.1, 0.15) is 5.60 Å². The van der Waals surface area contributed by atoms with Crippen molar-refractivity contribution >= 4 is 12.0 Å². The van der Waals surface area contributed by atoms with Crippen LogP contribution in [-0.2, 0) is 10.9 Å². The predicted molar refractivity (Wildman–Crippen MR) is 81.6 cm³/mol. The molecule has 2 rings (SSSR count). The van der Waals surface area contributed by atoms with Crippen LogP contribution in [0.3, 0.4) is 0 Å². The second-order valence-electron chi connectivity index (χ2n) is 6.74. The number of amides is 1. The van der Waals surface area contributed by atoms with Gasteiger partial charge in [0.05, 0.1) is 5.56 Å². The summed E-state index contributed by atoms with van der Waals surface area (Å²) in [4.78, 5) is 23.1. The van der Waals surface area contributed by atoms with E-state index in [4.69, 9.17) is 4.74 Å². The van der Waals surface area contributed by atoms with Crippen LogP contribution in [0.1, 0.15) is 33.3 Å². The molecular weight excluding hydrogens is 325 g/mol. The van der Waals surface area contributed by atoms with Crippen molar-refractivity contribution in [2.75, 3.05) is 24.5 Å². The second-order valence-corrected chi connectivity index (χ2v) is 6.74. The quantitative estimate of drug-likeness (QED) is 0.782. The first kappa shape index (κ1) is 18.3. The number of nitrogens with zero attached hydrogens (tertiary/aromatic N) is 4. The van der Waals surface area contributed by atoms with Crippen molar-refractivity contribution < 1.29 is 22.7 Å². The molecule has 0 spiro atoms. The molecule has 0 aromatic carbocycles. The van der Waals surface area contributed by atoms with Crippen LogP contribution in [-0.4, -0.2) is 52.2 Å². The molecule has 1 aliphatic rings. The van der Waals surface area contributed by atoms with Crippen molar-refractivity contribution in [2.24, 2.45) is 0 Å². The topological polar surface area (TPSA) is 58.6 Å². The Kier molecular flexibility index (Phi) is 4.91. The van der Waals surface area contributed by atoms with Gasteiger partial charge in [0, 0.05) is 38.1 Å². The summed E-state index contributed by atoms with van der Waals surface area (Å²) in [5.74, 6) is 0.222. The molecule has 1 atom stereocenters. The van der Waals surface area contributed by atoms with Crippen LogP contribution in [0.15, 0.2) is 12.4 Å². The molecule has 9 heteroatoms. The first-order chi connectivity index (χ1) is 11.0. The maximum absolute atomic E-state index is 12.6. The van der Waals surface area contributed by atoms with Gasteiger partial charge in [-0.05, 0) is 27.7 Å². The number of hydrogen-bond acceptors (Lipinski definition) is 5. The molecule has 134 valence electrons. The van der Waals surface area contributed by atoms with Crippen LogP contribution >= 0.6 is 0 Å². The number of hydrogen-bond donors (Lipinski definition) is 0. The third-order valence-electron chi connectivity index (χ3n) is 3.50. The molecule has 0 N–H and O–H groups in total. The van der Waals surface area contributed by atoms with E-state index in [1.807, 2.05) is 6.92 Å². The van der Waals surface area contributed by atoms with E-state index in [1.165, 1.54) is 0 Å². The molecular formula is C15H21F3N4O2. The minimum Gasteiger partial charge on any atom is -0.444 e. The summed E-state index contributed by atoms with van der Waals surface area (Å²) in [6.07, 6.45) is -3.31. The average Bonchev–Trinajstić information content (AvgIpc) is 2.44. The number of anilines is 1. The maximum atomic E-state index is 12.6. The van der Waals surface area contributed by atoms with Crippen LogP contribution in [0.25, 0.3) is 0 Å². The molecule has 0 aliphatic carbocycles. The zero-order chi connectivity index (χ0) is 18.1. The number of rotatable bonds is 1. The van der Waals surface area contributed by atoms with Gasteiger partial charge in [-0.15, -0.1) is 0 Å². The van der Waals surface area contributed by atoms with E-state index in [0.29, 0.717) is 19.6 Å². The van der Waals surface area contributed by atoms with Gasteiger partial charge in [0.2, 0.25) is 5.95 Å². The Morgan fingerprint density at radius 1 is 1.21 bits per heavy atom. The lowest BCUT2D eigenvalue weighted by Gasteiger charge is -2.40. The largest absolute Gasteiger partial charge is 0.444 e. The number of halogens is 3. The summed E-state index contributed by atoms with van der Waals surface area (Å²) in [5, 5.41) is 0. The number of ether oxygens (including phenoxy) is 1. The second kappa shape index (κ2) is 6.45. The van der Waals surface area contributed by atoms with Gasteiger partial charge in [-0.1, -0.05) is 0 Å². The standard InChI is InChI=1S/C15H21F3N4O2/c1-10-9-21(13(23)24-14(2,3)4)5-6-22(10)12-19-7-11(8-20-12)15(16,17)18/h7-8,10H,5-6,9H2,1-4H3. The third kappa shape index (κ3) is 4.48. The molecule has 1 saturated heterocycles. The van der Waals surface area contributed by atoms with Gasteiger partial charge in [-0.2, -0.15) is 13.2 Å². The molecule has 1 fully saturated rings. The van der Waals surface area contributed by atoms with Crippen LogP contribution in [0.4, 0.5) is 23.9 Å². The van der Waals surface area contributed by atoms with E-state index < -0.39 is 23.4 Å². The van der Waals surface area contributed by atoms with Gasteiger partial charge in [-0.3, -0.25) is 0 Å². The van der Waals surface area contributed by atoms with Gasteiger partial charge in [0.15, 0.2) is 0 Å². The predicted octanol–water partition coefficient (Wildman–Crippen LogP) is 2.94. The maximum Gasteiger partial charge on any atom is 0.419 e. The van der Waals surface area contributed by atoms with Gasteiger partial charge >= 0.3 is 12.3 Å². The minimum atomic E-state index is -4.46. The molecule has 1 aromatic rings. The Morgan fingerprint density at radius 3 is 2.25 bits per heavy atom. The first-order valence-electron chi connectivity index (χ1n) is 7.61. The average molecular weight is 346 g/mol. The van der Waals surface area contributed by atoms with E-state index in [2.05, 4.69) is 9.97 Å². The van der Waals surface area contributed by atoms with Crippen molar-refractivity contribution in [1.82, 2.24) is 14.9 Å². The van der Waals surface area contributed by atoms with Crippen molar-refractivity contribution in [3.05, 3.63) is 18.0 Å². The van der Waals surface area contributed by atoms with E-state index in [0.717, 1.165) is 12.4 Å². The summed E-state index contributed by atoms with van der Waals surface area (Å²) in [6.45, 7) is 8.44. The number of alkyl halides is 3. The molecule has 2 heterocycles. The molecule has 0 radical (unpaired) electrons. The zero-order valence-electron chi connectivity index (χ0n) is 14.1. The molecule has 6 nitrogen and oxygen atoms in total. The Hall–Kier alpha value is -2.06. The number of aromatic nitrogens is 2. The minimum absolute atomic E-state index is 0.136. The molecule has 1 aromatic heterocycles. The van der Waals surface area contributed by atoms with Crippen molar-refractivity contribution in [3.8, 4) is 0 Å². The first-order valence-corrected chi connectivity index (χ1v) is 7.61. The Labute approximate surface area is 138 Å². The van der Waals surface area contributed by atoms with Crippen molar-refractivity contribution in [1.29, 1.82) is 0 Å². The van der Waals surface area contributed by atoms with Crippen LogP contribution in [0.5, 0.6) is 0 Å². The number of piperazine rings is 1. The highest BCUT2D eigenvalue weighted by Crippen LogP contribution is 2.28. The molecule has 0 bridgehead atoms. The number of carbonyl (C=O) groups is 1. The normalized spacial score (nSPS) is 19.4. The lowest BCUT2D eigenvalue weighted by atomic mass is 10.2. The lowest BCUT2D eigenvalue weighted by molar-refractivity contribution is -0.138. The van der Waals surface area contributed by atoms with E-state index >= 15 is 0 Å². The van der Waals surface area contributed by atoms with Crippen molar-refractivity contribution in [3.63, 3.8) is 0 Å². The van der Waals surface area contributed by atoms with Gasteiger partial charge in [0.25, 0.3) is 0 Å². The smallest absolute Gasteiger partial charge is 0.419 e. The molecule has 0 saturated carbocycles. The van der Waals surface area contributed by atoms with Crippen LogP contribution in [0.2, 0.25) is 0 Å². The summed E-state index contributed by atoms with van der Waals surface area (Å²) in [7, 11) is 0. The molecule has 24 heavy (non-hydrogen) atoms. The lowest BCUT2D eigenvalue weighted by Crippen LogP contribution is -2.55. The van der Waals surface area contributed by atoms with E-state index in [9.17, 15) is 18.0 Å². The summed E-state index contributed by atoms with van der Waals surface area (Å²) in [6, 6.07) is -0.136. The fourth-order valence-corrected chi connectivity index (χ4v) is 2.36. The molecule has 1 unspecified atom stereocenters. The zero-order valence-corrected chi connectivity index (χ0v) is 14.1. The van der Waals surface area contributed by atoms with Crippen molar-refractivity contribution in [2.45, 2.75) is 45.5 Å². The highest BCUT2D eigenvalue weighted by molar-refractivity contribution is 5.68. The highest BCUT2D eigenvalue weighted by Gasteiger charge is 2.33. The fraction of sp³-hybridized carbons (Fsp3) is 0.667. The SMILES string of the molecule is CC1CN(C(=O)OC(C)(C)C)CCN1c1ncc(C(F)(F)F)cn1. The van der Waals surface area contributed by atoms with Gasteiger partial charge in [-0.25, -0.2) is 14.8 Å². The summed E-state index contributed by atoms with van der Waals surface area (Å²) in [5.41, 5.74) is -1.46. The monoisotopic (exact) mass is 346 g/mol. The van der Waals surface area contributed by atoms with E-state index in [1.54, 1.807) is 30.6 Å². The van der Waals surface area contributed by atoms with Gasteiger partial charge < -0.3 is 14.5 Å². The van der Waals surface area contributed by atoms with Crippen LogP contribution < -0.4 is 4.90 Å².